The number of hydrogen-bond acceptors (Lipinski definition) is 2. The molecule has 1 aromatic rings. The van der Waals surface area contributed by atoms with E-state index in [2.05, 4.69) is 16.5 Å². The van der Waals surface area contributed by atoms with Crippen molar-refractivity contribution in [3.8, 4) is 0 Å². The third kappa shape index (κ3) is 1.66. The van der Waals surface area contributed by atoms with E-state index in [0.29, 0.717) is 10.4 Å². The van der Waals surface area contributed by atoms with Gasteiger partial charge in [-0.15, -0.1) is 0 Å². The minimum absolute atomic E-state index is 0.387. The SMILES string of the molecule is CC1(Cn2ccnc2C(N)=S)CCC1. The Balaban J connectivity index is 2.16. The summed E-state index contributed by atoms with van der Waals surface area (Å²) in [6.45, 7) is 3.29. The van der Waals surface area contributed by atoms with E-state index in [-0.39, 0.29) is 0 Å². The van der Waals surface area contributed by atoms with Gasteiger partial charge in [0.05, 0.1) is 0 Å². The molecule has 1 heterocycles. The maximum atomic E-state index is 5.59. The van der Waals surface area contributed by atoms with Crippen molar-refractivity contribution in [1.29, 1.82) is 0 Å². The average Bonchev–Trinajstić information content (AvgIpc) is 2.49. The van der Waals surface area contributed by atoms with Crippen LogP contribution in [0.2, 0.25) is 0 Å². The lowest BCUT2D eigenvalue weighted by Gasteiger charge is -2.38. The summed E-state index contributed by atoms with van der Waals surface area (Å²) in [5.74, 6) is 0.744. The summed E-state index contributed by atoms with van der Waals surface area (Å²) in [6.07, 6.45) is 7.64. The van der Waals surface area contributed by atoms with Crippen LogP contribution in [0.4, 0.5) is 0 Å². The summed E-state index contributed by atoms with van der Waals surface area (Å²) in [6, 6.07) is 0. The molecule has 0 bridgehead atoms. The van der Waals surface area contributed by atoms with Crippen LogP contribution in [0.5, 0.6) is 0 Å². The van der Waals surface area contributed by atoms with Crippen molar-refractivity contribution in [3.63, 3.8) is 0 Å². The monoisotopic (exact) mass is 209 g/mol. The smallest absolute Gasteiger partial charge is 0.167 e. The summed E-state index contributed by atoms with van der Waals surface area (Å²) in [7, 11) is 0. The maximum absolute atomic E-state index is 5.59. The van der Waals surface area contributed by atoms with Crippen molar-refractivity contribution in [2.75, 3.05) is 0 Å². The lowest BCUT2D eigenvalue weighted by atomic mass is 9.70. The van der Waals surface area contributed by atoms with E-state index in [9.17, 15) is 0 Å². The van der Waals surface area contributed by atoms with Crippen LogP contribution in [0.3, 0.4) is 0 Å². The van der Waals surface area contributed by atoms with Gasteiger partial charge in [0, 0.05) is 18.9 Å². The van der Waals surface area contributed by atoms with Crippen LogP contribution in [0.15, 0.2) is 12.4 Å². The highest BCUT2D eigenvalue weighted by molar-refractivity contribution is 7.80. The predicted octanol–water partition coefficient (Wildman–Crippen LogP) is 1.71. The van der Waals surface area contributed by atoms with Gasteiger partial charge in [0.15, 0.2) is 5.82 Å². The first kappa shape index (κ1) is 9.65. The fraction of sp³-hybridized carbons (Fsp3) is 0.600. The Morgan fingerprint density at radius 3 is 2.93 bits per heavy atom. The van der Waals surface area contributed by atoms with Gasteiger partial charge in [-0.2, -0.15) is 0 Å². The van der Waals surface area contributed by atoms with Crippen LogP contribution < -0.4 is 5.73 Å². The van der Waals surface area contributed by atoms with Crippen LogP contribution in [0.1, 0.15) is 32.0 Å². The number of nitrogens with zero attached hydrogens (tertiary/aromatic N) is 2. The Hall–Kier alpha value is -0.900. The van der Waals surface area contributed by atoms with Crippen LogP contribution in [-0.2, 0) is 6.54 Å². The molecule has 14 heavy (non-hydrogen) atoms. The molecule has 0 atom stereocenters. The van der Waals surface area contributed by atoms with Crippen LogP contribution >= 0.6 is 12.2 Å². The van der Waals surface area contributed by atoms with Crippen LogP contribution in [-0.4, -0.2) is 14.5 Å². The van der Waals surface area contributed by atoms with Gasteiger partial charge >= 0.3 is 0 Å². The minimum atomic E-state index is 0.387. The second kappa shape index (κ2) is 3.35. The Bertz CT molecular complexity index is 352. The van der Waals surface area contributed by atoms with E-state index in [4.69, 9.17) is 18.0 Å². The highest BCUT2D eigenvalue weighted by atomic mass is 32.1. The average molecular weight is 209 g/mol. The first-order valence-corrected chi connectivity index (χ1v) is 5.32. The van der Waals surface area contributed by atoms with E-state index in [1.807, 2.05) is 6.20 Å². The maximum Gasteiger partial charge on any atom is 0.167 e. The molecule has 0 unspecified atom stereocenters. The minimum Gasteiger partial charge on any atom is -0.387 e. The van der Waals surface area contributed by atoms with Gasteiger partial charge in [-0.1, -0.05) is 25.6 Å². The Labute approximate surface area is 89.3 Å². The molecule has 2 N–H and O–H groups in total. The molecule has 1 fully saturated rings. The van der Waals surface area contributed by atoms with E-state index in [1.54, 1.807) is 6.20 Å². The first-order chi connectivity index (χ1) is 6.61. The van der Waals surface area contributed by atoms with Gasteiger partial charge in [-0.3, -0.25) is 0 Å². The van der Waals surface area contributed by atoms with Gasteiger partial charge < -0.3 is 10.3 Å². The molecule has 0 radical (unpaired) electrons. The lowest BCUT2D eigenvalue weighted by Crippen LogP contribution is -2.32. The normalized spacial score (nSPS) is 18.9. The van der Waals surface area contributed by atoms with Gasteiger partial charge in [0.2, 0.25) is 0 Å². The zero-order valence-electron chi connectivity index (χ0n) is 8.36. The summed E-state index contributed by atoms with van der Waals surface area (Å²) in [4.78, 5) is 4.54. The molecule has 1 saturated carbocycles. The molecule has 1 aromatic heterocycles. The third-order valence-electron chi connectivity index (χ3n) is 3.05. The van der Waals surface area contributed by atoms with E-state index < -0.39 is 0 Å². The number of imidazole rings is 1. The van der Waals surface area contributed by atoms with Crippen molar-refractivity contribution in [2.45, 2.75) is 32.7 Å². The topological polar surface area (TPSA) is 43.8 Å². The Morgan fingerprint density at radius 2 is 2.43 bits per heavy atom. The zero-order valence-corrected chi connectivity index (χ0v) is 9.18. The molecular weight excluding hydrogens is 194 g/mol. The molecule has 2 rings (SSSR count). The van der Waals surface area contributed by atoms with Gasteiger partial charge in [-0.05, 0) is 18.3 Å². The molecule has 0 aromatic carbocycles. The lowest BCUT2D eigenvalue weighted by molar-refractivity contribution is 0.132. The third-order valence-corrected chi connectivity index (χ3v) is 3.23. The van der Waals surface area contributed by atoms with E-state index in [1.165, 1.54) is 19.3 Å². The number of rotatable bonds is 3. The molecule has 0 amide bonds. The van der Waals surface area contributed by atoms with Crippen LogP contribution in [0, 0.1) is 5.41 Å². The molecule has 0 aliphatic heterocycles. The van der Waals surface area contributed by atoms with E-state index in [0.717, 1.165) is 12.4 Å². The molecule has 76 valence electrons. The quantitative estimate of drug-likeness (QED) is 0.771. The predicted molar refractivity (Wildman–Crippen MR) is 60.1 cm³/mol. The molecule has 1 aliphatic rings. The van der Waals surface area contributed by atoms with Crippen molar-refractivity contribution in [2.24, 2.45) is 11.1 Å². The summed E-state index contributed by atoms with van der Waals surface area (Å²) >= 11 is 4.94. The summed E-state index contributed by atoms with van der Waals surface area (Å²) in [5.41, 5.74) is 6.02. The number of aromatic nitrogens is 2. The highest BCUT2D eigenvalue weighted by Crippen LogP contribution is 2.41. The summed E-state index contributed by atoms with van der Waals surface area (Å²) in [5, 5.41) is 0. The molecule has 0 saturated heterocycles. The van der Waals surface area contributed by atoms with Gasteiger partial charge in [-0.25, -0.2) is 4.98 Å². The van der Waals surface area contributed by atoms with Crippen LogP contribution in [0.25, 0.3) is 0 Å². The largest absolute Gasteiger partial charge is 0.387 e. The molecule has 3 nitrogen and oxygen atoms in total. The number of nitrogens with two attached hydrogens (primary N) is 1. The van der Waals surface area contributed by atoms with Crippen molar-refractivity contribution in [3.05, 3.63) is 18.2 Å². The Morgan fingerprint density at radius 1 is 1.71 bits per heavy atom. The van der Waals surface area contributed by atoms with Gasteiger partial charge in [0.1, 0.15) is 4.99 Å². The zero-order chi connectivity index (χ0) is 10.2. The fourth-order valence-corrected chi connectivity index (χ4v) is 2.18. The van der Waals surface area contributed by atoms with E-state index >= 15 is 0 Å². The fourth-order valence-electron chi connectivity index (χ4n) is 2.01. The van der Waals surface area contributed by atoms with Crippen molar-refractivity contribution < 1.29 is 0 Å². The van der Waals surface area contributed by atoms with Gasteiger partial charge in [0.25, 0.3) is 0 Å². The standard InChI is InChI=1S/C10H15N3S/c1-10(3-2-4-10)7-13-6-5-12-9(13)8(11)14/h5-6H,2-4,7H2,1H3,(H2,11,14). The Kier molecular flexibility index (Phi) is 2.31. The second-order valence-electron chi connectivity index (χ2n) is 4.41. The highest BCUT2D eigenvalue weighted by Gasteiger charge is 2.32. The first-order valence-electron chi connectivity index (χ1n) is 4.92. The molecule has 4 heteroatoms. The second-order valence-corrected chi connectivity index (χ2v) is 4.85. The molecule has 0 spiro atoms. The van der Waals surface area contributed by atoms with Crippen molar-refractivity contribution >= 4 is 17.2 Å². The molecule has 1 aliphatic carbocycles. The number of hydrogen-bond donors (Lipinski definition) is 1. The molecular formula is C10H15N3S. The summed E-state index contributed by atoms with van der Waals surface area (Å²) < 4.78 is 2.07. The number of thiocarbonyl (C=S) groups is 1. The van der Waals surface area contributed by atoms with Crippen molar-refractivity contribution in [1.82, 2.24) is 9.55 Å².